The fourth-order valence-corrected chi connectivity index (χ4v) is 4.78. The number of ether oxygens (including phenoxy) is 1. The monoisotopic (exact) mass is 482 g/mol. The van der Waals surface area contributed by atoms with Crippen molar-refractivity contribution < 1.29 is 9.15 Å². The van der Waals surface area contributed by atoms with Crippen molar-refractivity contribution in [2.75, 3.05) is 6.61 Å². The molecule has 0 spiro atoms. The van der Waals surface area contributed by atoms with Crippen LogP contribution < -0.4 is 4.74 Å². The second-order valence-corrected chi connectivity index (χ2v) is 8.94. The van der Waals surface area contributed by atoms with Gasteiger partial charge in [-0.05, 0) is 55.8 Å². The predicted octanol–water partition coefficient (Wildman–Crippen LogP) is 6.51. The average molecular weight is 483 g/mol. The SMILES string of the molecule is CCOc1ccc(-n2c(Cc3ccccc3)nnc2SCc2nc(-c3ccccc3)oc2C)cc1. The van der Waals surface area contributed by atoms with Gasteiger partial charge in [-0.25, -0.2) is 4.98 Å². The summed E-state index contributed by atoms with van der Waals surface area (Å²) in [7, 11) is 0. The van der Waals surface area contributed by atoms with Crippen LogP contribution in [0, 0.1) is 6.92 Å². The molecule has 0 saturated heterocycles. The summed E-state index contributed by atoms with van der Waals surface area (Å²) in [6, 6.07) is 28.3. The molecule has 0 aliphatic rings. The van der Waals surface area contributed by atoms with Gasteiger partial charge in [0.25, 0.3) is 0 Å². The number of rotatable bonds is 9. The van der Waals surface area contributed by atoms with Crippen LogP contribution in [0.4, 0.5) is 0 Å². The lowest BCUT2D eigenvalue weighted by atomic mass is 10.1. The molecular formula is C28H26N4O2S. The van der Waals surface area contributed by atoms with Crippen LogP contribution in [0.25, 0.3) is 17.1 Å². The fraction of sp³-hybridized carbons (Fsp3) is 0.179. The molecule has 0 atom stereocenters. The number of hydrogen-bond donors (Lipinski definition) is 0. The number of aryl methyl sites for hydroxylation is 1. The van der Waals surface area contributed by atoms with E-state index in [4.69, 9.17) is 14.1 Å². The van der Waals surface area contributed by atoms with E-state index in [0.717, 1.165) is 39.4 Å². The summed E-state index contributed by atoms with van der Waals surface area (Å²) in [6.45, 7) is 4.57. The zero-order chi connectivity index (χ0) is 24.0. The minimum absolute atomic E-state index is 0.628. The molecular weight excluding hydrogens is 456 g/mol. The first-order valence-electron chi connectivity index (χ1n) is 11.6. The third-order valence-electron chi connectivity index (χ3n) is 5.56. The molecule has 3 aromatic carbocycles. The van der Waals surface area contributed by atoms with Crippen molar-refractivity contribution in [3.63, 3.8) is 0 Å². The first-order chi connectivity index (χ1) is 17.2. The molecule has 0 radical (unpaired) electrons. The third kappa shape index (κ3) is 5.30. The minimum Gasteiger partial charge on any atom is -0.494 e. The Labute approximate surface area is 209 Å². The van der Waals surface area contributed by atoms with Crippen LogP contribution in [-0.2, 0) is 12.2 Å². The Bertz CT molecular complexity index is 1380. The van der Waals surface area contributed by atoms with Gasteiger partial charge in [-0.3, -0.25) is 4.57 Å². The molecule has 35 heavy (non-hydrogen) atoms. The van der Waals surface area contributed by atoms with Crippen molar-refractivity contribution in [1.82, 2.24) is 19.7 Å². The lowest BCUT2D eigenvalue weighted by molar-refractivity contribution is 0.340. The normalized spacial score (nSPS) is 11.0. The van der Waals surface area contributed by atoms with Gasteiger partial charge in [-0.15, -0.1) is 10.2 Å². The van der Waals surface area contributed by atoms with Gasteiger partial charge in [0.05, 0.1) is 12.3 Å². The van der Waals surface area contributed by atoms with E-state index in [1.54, 1.807) is 11.8 Å². The van der Waals surface area contributed by atoms with Crippen LogP contribution in [0.15, 0.2) is 94.5 Å². The van der Waals surface area contributed by atoms with E-state index in [1.165, 1.54) is 5.56 Å². The predicted molar refractivity (Wildman–Crippen MR) is 138 cm³/mol. The summed E-state index contributed by atoms with van der Waals surface area (Å²) in [4.78, 5) is 4.74. The molecule has 5 rings (SSSR count). The Morgan fingerprint density at radius 2 is 1.60 bits per heavy atom. The first kappa shape index (κ1) is 22.9. The van der Waals surface area contributed by atoms with Crippen LogP contribution >= 0.6 is 11.8 Å². The molecule has 0 unspecified atom stereocenters. The number of benzene rings is 3. The molecule has 7 heteroatoms. The third-order valence-corrected chi connectivity index (χ3v) is 6.50. The maximum atomic E-state index is 5.94. The number of oxazole rings is 1. The summed E-state index contributed by atoms with van der Waals surface area (Å²) in [5.74, 6) is 3.80. The van der Waals surface area contributed by atoms with Crippen LogP contribution in [0.3, 0.4) is 0 Å². The summed E-state index contributed by atoms with van der Waals surface area (Å²) in [5.41, 5.74) is 4.05. The number of hydrogen-bond acceptors (Lipinski definition) is 6. The van der Waals surface area contributed by atoms with Crippen LogP contribution in [0.1, 0.15) is 29.8 Å². The largest absolute Gasteiger partial charge is 0.494 e. The summed E-state index contributed by atoms with van der Waals surface area (Å²) >= 11 is 1.60. The van der Waals surface area contributed by atoms with E-state index in [2.05, 4.69) is 26.9 Å². The molecule has 0 fully saturated rings. The van der Waals surface area contributed by atoms with Gasteiger partial charge in [0.15, 0.2) is 5.16 Å². The highest BCUT2D eigenvalue weighted by Gasteiger charge is 2.18. The Morgan fingerprint density at radius 3 is 2.31 bits per heavy atom. The molecule has 0 amide bonds. The van der Waals surface area contributed by atoms with E-state index in [1.807, 2.05) is 86.6 Å². The van der Waals surface area contributed by atoms with Crippen molar-refractivity contribution in [2.45, 2.75) is 31.2 Å². The molecule has 2 heterocycles. The van der Waals surface area contributed by atoms with Crippen molar-refractivity contribution in [3.05, 3.63) is 108 Å². The highest BCUT2D eigenvalue weighted by atomic mass is 32.2. The van der Waals surface area contributed by atoms with Crippen molar-refractivity contribution in [3.8, 4) is 22.9 Å². The Balaban J connectivity index is 1.43. The summed E-state index contributed by atoms with van der Waals surface area (Å²) < 4.78 is 13.7. The first-order valence-corrected chi connectivity index (χ1v) is 12.6. The molecule has 0 aliphatic carbocycles. The number of aromatic nitrogens is 4. The average Bonchev–Trinajstić information content (AvgIpc) is 3.47. The standard InChI is InChI=1S/C28H26N4O2S/c1-3-33-24-16-14-23(15-17-24)32-26(18-21-10-6-4-7-11-21)30-31-28(32)35-19-25-20(2)34-27(29-25)22-12-8-5-9-13-22/h4-17H,3,18-19H2,1-2H3. The molecule has 176 valence electrons. The smallest absolute Gasteiger partial charge is 0.226 e. The minimum atomic E-state index is 0.628. The van der Waals surface area contributed by atoms with Gasteiger partial charge < -0.3 is 9.15 Å². The Morgan fingerprint density at radius 1 is 0.886 bits per heavy atom. The molecule has 5 aromatic rings. The zero-order valence-electron chi connectivity index (χ0n) is 19.7. The maximum absolute atomic E-state index is 5.94. The lowest BCUT2D eigenvalue weighted by Gasteiger charge is -2.11. The van der Waals surface area contributed by atoms with Gasteiger partial charge in [0.2, 0.25) is 5.89 Å². The van der Waals surface area contributed by atoms with E-state index >= 15 is 0 Å². The number of thioether (sulfide) groups is 1. The fourth-order valence-electron chi connectivity index (χ4n) is 3.80. The second-order valence-electron chi connectivity index (χ2n) is 8.00. The van der Waals surface area contributed by atoms with Gasteiger partial charge in [-0.2, -0.15) is 0 Å². The summed E-state index contributed by atoms with van der Waals surface area (Å²) in [5, 5.41) is 9.90. The highest BCUT2D eigenvalue weighted by Crippen LogP contribution is 2.30. The highest BCUT2D eigenvalue weighted by molar-refractivity contribution is 7.98. The summed E-state index contributed by atoms with van der Waals surface area (Å²) in [6.07, 6.45) is 0.683. The van der Waals surface area contributed by atoms with E-state index < -0.39 is 0 Å². The van der Waals surface area contributed by atoms with Gasteiger partial charge in [0, 0.05) is 23.4 Å². The maximum Gasteiger partial charge on any atom is 0.226 e. The Hall–Kier alpha value is -3.84. The van der Waals surface area contributed by atoms with Crippen LogP contribution in [0.5, 0.6) is 5.75 Å². The van der Waals surface area contributed by atoms with Crippen LogP contribution in [0.2, 0.25) is 0 Å². The number of nitrogens with zero attached hydrogens (tertiary/aromatic N) is 4. The van der Waals surface area contributed by atoms with E-state index in [9.17, 15) is 0 Å². The molecule has 6 nitrogen and oxygen atoms in total. The van der Waals surface area contributed by atoms with Crippen LogP contribution in [-0.4, -0.2) is 26.4 Å². The Kier molecular flexibility index (Phi) is 6.95. The molecule has 2 aromatic heterocycles. The second kappa shape index (κ2) is 10.6. The van der Waals surface area contributed by atoms with Gasteiger partial charge in [-0.1, -0.05) is 60.3 Å². The quantitative estimate of drug-likeness (QED) is 0.223. The topological polar surface area (TPSA) is 66.0 Å². The van der Waals surface area contributed by atoms with Crippen molar-refractivity contribution in [2.24, 2.45) is 0 Å². The zero-order valence-corrected chi connectivity index (χ0v) is 20.5. The van der Waals surface area contributed by atoms with E-state index in [0.29, 0.717) is 24.7 Å². The van der Waals surface area contributed by atoms with Crippen molar-refractivity contribution >= 4 is 11.8 Å². The van der Waals surface area contributed by atoms with Gasteiger partial charge in [0.1, 0.15) is 17.3 Å². The molecule has 0 saturated carbocycles. The lowest BCUT2D eigenvalue weighted by Crippen LogP contribution is -2.04. The molecule has 0 N–H and O–H groups in total. The molecule has 0 aliphatic heterocycles. The molecule has 0 bridgehead atoms. The van der Waals surface area contributed by atoms with Gasteiger partial charge >= 0.3 is 0 Å². The van der Waals surface area contributed by atoms with E-state index in [-0.39, 0.29) is 0 Å². The van der Waals surface area contributed by atoms with Crippen molar-refractivity contribution in [1.29, 1.82) is 0 Å².